The smallest absolute Gasteiger partial charge is 0.0134 e. The van der Waals surface area contributed by atoms with E-state index in [0.717, 1.165) is 12.2 Å². The molecule has 0 fully saturated rings. The third kappa shape index (κ3) is 6.86. The minimum atomic E-state index is -0.320. The quantitative estimate of drug-likeness (QED) is 0.677. The van der Waals surface area contributed by atoms with Gasteiger partial charge in [0.1, 0.15) is 0 Å². The maximum Gasteiger partial charge on any atom is -0.0134 e. The molecule has 0 saturated carbocycles. The van der Waals surface area contributed by atoms with Crippen molar-refractivity contribution in [2.75, 3.05) is 5.75 Å². The van der Waals surface area contributed by atoms with Crippen molar-refractivity contribution in [3.63, 3.8) is 0 Å². The molecule has 0 bridgehead atoms. The molecule has 0 rings (SSSR count). The summed E-state index contributed by atoms with van der Waals surface area (Å²) in [6.07, 6.45) is 1.04. The molecule has 0 amide bonds. The topological polar surface area (TPSA) is 26.0 Å². The van der Waals surface area contributed by atoms with Crippen LogP contribution in [0.25, 0.3) is 0 Å². The maximum absolute atomic E-state index is 5.75. The average molecular weight is 196 g/mol. The van der Waals surface area contributed by atoms with Gasteiger partial charge in [-0.1, -0.05) is 13.8 Å². The highest BCUT2D eigenvalue weighted by Crippen LogP contribution is 2.02. The largest absolute Gasteiger partial charge is 0.346 e. The zero-order chi connectivity index (χ0) is 8.15. The molecule has 0 saturated heterocycles. The summed E-state index contributed by atoms with van der Waals surface area (Å²) >= 11 is 9.74. The first-order chi connectivity index (χ1) is 4.52. The van der Waals surface area contributed by atoms with Gasteiger partial charge in [-0.05, 0) is 18.4 Å². The predicted molar refractivity (Wildman–Crippen MR) is 54.4 cm³/mol. The van der Waals surface area contributed by atoms with E-state index >= 15 is 0 Å². The number of nitrogens with two attached hydrogens (primary N) is 1. The number of hydrogen-bond donors (Lipinski definition) is 1. The minimum Gasteiger partial charge on any atom is -0.346 e. The first-order valence-electron chi connectivity index (χ1n) is 3.33. The molecule has 1 atom stereocenters. The fraction of sp³-hybridized carbons (Fsp3) is 1.00. The highest BCUT2D eigenvalue weighted by molar-refractivity contribution is 8.46. The lowest BCUT2D eigenvalue weighted by atomic mass is 10.1. The van der Waals surface area contributed by atoms with Crippen LogP contribution in [0.4, 0.5) is 0 Å². The van der Waals surface area contributed by atoms with E-state index in [1.54, 1.807) is 0 Å². The number of hydrogen-bond acceptors (Lipinski definition) is 4. The molecule has 0 aromatic rings. The van der Waals surface area contributed by atoms with Gasteiger partial charge in [-0.25, -0.2) is 0 Å². The Kier molecular flexibility index (Phi) is 5.81. The molecular formula is C6H14NS3-. The summed E-state index contributed by atoms with van der Waals surface area (Å²) in [4.78, 5) is 0. The van der Waals surface area contributed by atoms with Gasteiger partial charge in [0.25, 0.3) is 0 Å². The van der Waals surface area contributed by atoms with Crippen LogP contribution in [-0.2, 0) is 30.4 Å². The van der Waals surface area contributed by atoms with Crippen molar-refractivity contribution in [3.8, 4) is 0 Å². The van der Waals surface area contributed by atoms with E-state index in [2.05, 4.69) is 13.8 Å². The lowest BCUT2D eigenvalue weighted by Crippen LogP contribution is -2.26. The summed E-state index contributed by atoms with van der Waals surface area (Å²) in [5.74, 6) is 1.48. The van der Waals surface area contributed by atoms with Gasteiger partial charge < -0.3 is 13.7 Å². The normalized spacial score (nSPS) is 14.5. The Labute approximate surface area is 74.2 Å². The van der Waals surface area contributed by atoms with Gasteiger partial charge in [0.15, 0.2) is 0 Å². The molecule has 4 heteroatoms. The maximum atomic E-state index is 5.75. The first-order valence-corrected chi connectivity index (χ1v) is 6.58. The monoisotopic (exact) mass is 196 g/mol. The van der Waals surface area contributed by atoms with E-state index in [1.165, 1.54) is 0 Å². The van der Waals surface area contributed by atoms with Crippen LogP contribution >= 0.6 is 0 Å². The molecule has 0 aliphatic rings. The third-order valence-corrected chi connectivity index (χ3v) is 2.64. The van der Waals surface area contributed by atoms with Gasteiger partial charge in [0.2, 0.25) is 0 Å². The summed E-state index contributed by atoms with van der Waals surface area (Å²) in [6, 6.07) is 0.221. The third-order valence-electron chi connectivity index (χ3n) is 1.12. The Bertz CT molecular complexity index is 143. The predicted octanol–water partition coefficient (Wildman–Crippen LogP) is 0.902. The molecule has 0 aromatic heterocycles. The van der Waals surface area contributed by atoms with Crippen LogP contribution in [-0.4, -0.2) is 11.8 Å². The molecule has 0 heterocycles. The summed E-state index contributed by atoms with van der Waals surface area (Å²) < 4.78 is 0. The Morgan fingerprint density at radius 2 is 1.90 bits per heavy atom. The van der Waals surface area contributed by atoms with Crippen LogP contribution < -0.4 is 5.73 Å². The van der Waals surface area contributed by atoms with Crippen LogP contribution in [0.1, 0.15) is 20.3 Å². The van der Waals surface area contributed by atoms with Crippen molar-refractivity contribution in [3.05, 3.63) is 0 Å². The zero-order valence-electron chi connectivity index (χ0n) is 6.37. The SMILES string of the molecule is CC(C)CC(N)C[S-](=S)=S. The van der Waals surface area contributed by atoms with Crippen LogP contribution in [0.3, 0.4) is 0 Å². The second-order valence-corrected chi connectivity index (χ2v) is 6.85. The first kappa shape index (κ1) is 10.8. The van der Waals surface area contributed by atoms with E-state index in [-0.39, 0.29) is 14.1 Å². The Balaban J connectivity index is 3.53. The molecule has 0 spiro atoms. The van der Waals surface area contributed by atoms with Gasteiger partial charge in [-0.2, -0.15) is 0 Å². The summed E-state index contributed by atoms with van der Waals surface area (Å²) in [7, 11) is -0.320. The van der Waals surface area contributed by atoms with Crippen molar-refractivity contribution >= 4 is 30.4 Å². The van der Waals surface area contributed by atoms with E-state index in [1.807, 2.05) is 0 Å². The van der Waals surface area contributed by atoms with Crippen molar-refractivity contribution in [1.29, 1.82) is 0 Å². The number of rotatable bonds is 4. The molecular weight excluding hydrogens is 182 g/mol. The van der Waals surface area contributed by atoms with Gasteiger partial charge in [0, 0.05) is 0 Å². The Hall–Kier alpha value is 0.750. The van der Waals surface area contributed by atoms with Crippen molar-refractivity contribution < 1.29 is 0 Å². The van der Waals surface area contributed by atoms with Gasteiger partial charge in [-0.3, -0.25) is 22.4 Å². The lowest BCUT2D eigenvalue weighted by Gasteiger charge is -2.15. The summed E-state index contributed by atoms with van der Waals surface area (Å²) in [5.41, 5.74) is 5.75. The molecule has 0 aliphatic carbocycles. The summed E-state index contributed by atoms with van der Waals surface area (Å²) in [5, 5.41) is 0. The zero-order valence-corrected chi connectivity index (χ0v) is 8.82. The van der Waals surface area contributed by atoms with Crippen LogP contribution in [0.15, 0.2) is 0 Å². The van der Waals surface area contributed by atoms with E-state index < -0.39 is 0 Å². The average Bonchev–Trinajstić information content (AvgIpc) is 1.58. The fourth-order valence-electron chi connectivity index (χ4n) is 0.848. The standard InChI is InChI=1S/C6H14NS3/c1-5(2)3-6(7)4-10(8)9/h5-6H,3-4,7H2,1-2H3/q-1. The Morgan fingerprint density at radius 3 is 2.20 bits per heavy atom. The van der Waals surface area contributed by atoms with Gasteiger partial charge in [-0.15, -0.1) is 5.75 Å². The molecule has 0 radical (unpaired) electrons. The highest BCUT2D eigenvalue weighted by atomic mass is 33.1. The van der Waals surface area contributed by atoms with Crippen LogP contribution in [0.2, 0.25) is 0 Å². The van der Waals surface area contributed by atoms with Crippen molar-refractivity contribution in [2.24, 2.45) is 11.7 Å². The molecule has 10 heavy (non-hydrogen) atoms. The highest BCUT2D eigenvalue weighted by Gasteiger charge is 1.99. The molecule has 1 unspecified atom stereocenters. The lowest BCUT2D eigenvalue weighted by molar-refractivity contribution is 0.524. The van der Waals surface area contributed by atoms with E-state index in [0.29, 0.717) is 5.92 Å². The molecule has 0 aromatic carbocycles. The second kappa shape index (κ2) is 5.41. The van der Waals surface area contributed by atoms with Gasteiger partial charge in [0.05, 0.1) is 0 Å². The van der Waals surface area contributed by atoms with Crippen LogP contribution in [0.5, 0.6) is 0 Å². The van der Waals surface area contributed by atoms with Crippen molar-refractivity contribution in [1.82, 2.24) is 0 Å². The van der Waals surface area contributed by atoms with E-state index in [4.69, 9.17) is 28.1 Å². The molecule has 62 valence electrons. The second-order valence-electron chi connectivity index (χ2n) is 2.86. The molecule has 2 N–H and O–H groups in total. The Morgan fingerprint density at radius 1 is 1.40 bits per heavy atom. The van der Waals surface area contributed by atoms with Gasteiger partial charge >= 0.3 is 0 Å². The van der Waals surface area contributed by atoms with Crippen molar-refractivity contribution in [2.45, 2.75) is 26.3 Å². The van der Waals surface area contributed by atoms with Crippen LogP contribution in [0, 0.1) is 5.92 Å². The summed E-state index contributed by atoms with van der Waals surface area (Å²) in [6.45, 7) is 4.31. The fourth-order valence-corrected chi connectivity index (χ4v) is 2.38. The molecule has 0 aliphatic heterocycles. The molecule has 1 nitrogen and oxygen atoms in total. The minimum absolute atomic E-state index is 0.221. The van der Waals surface area contributed by atoms with E-state index in [9.17, 15) is 0 Å².